The highest BCUT2D eigenvalue weighted by Gasteiger charge is 2.24. The van der Waals surface area contributed by atoms with Crippen molar-refractivity contribution in [1.82, 2.24) is 15.0 Å². The van der Waals surface area contributed by atoms with E-state index in [1.807, 2.05) is 60.7 Å². The molecule has 0 fully saturated rings. The Kier molecular flexibility index (Phi) is 7.51. The van der Waals surface area contributed by atoms with Gasteiger partial charge >= 0.3 is 0 Å². The molecule has 0 atom stereocenters. The maximum atomic E-state index is 4.95. The van der Waals surface area contributed by atoms with E-state index in [0.717, 1.165) is 27.8 Å². The molecule has 7 aromatic carbocycles. The van der Waals surface area contributed by atoms with E-state index >= 15 is 0 Å². The van der Waals surface area contributed by atoms with Crippen LogP contribution in [0.1, 0.15) is 0 Å². The summed E-state index contributed by atoms with van der Waals surface area (Å²) in [6.07, 6.45) is 0. The third-order valence-electron chi connectivity index (χ3n) is 9.01. The third-order valence-corrected chi connectivity index (χ3v) is 11.0. The van der Waals surface area contributed by atoms with Gasteiger partial charge in [-0.1, -0.05) is 171 Å². The summed E-state index contributed by atoms with van der Waals surface area (Å²) in [5.41, 5.74) is 7.66. The van der Waals surface area contributed by atoms with Gasteiger partial charge in [0, 0.05) is 16.7 Å². The molecule has 0 aliphatic rings. The van der Waals surface area contributed by atoms with Crippen molar-refractivity contribution in [2.45, 2.75) is 19.6 Å². The Morgan fingerprint density at radius 2 is 0.729 bits per heavy atom. The highest BCUT2D eigenvalue weighted by molar-refractivity contribution is 6.92. The third kappa shape index (κ3) is 5.50. The van der Waals surface area contributed by atoms with Crippen LogP contribution in [-0.4, -0.2) is 23.0 Å². The zero-order chi connectivity index (χ0) is 32.7. The van der Waals surface area contributed by atoms with Gasteiger partial charge in [0.1, 0.15) is 0 Å². The van der Waals surface area contributed by atoms with Crippen LogP contribution in [0.3, 0.4) is 0 Å². The number of nitrogens with zero attached hydrogens (tertiary/aromatic N) is 3. The molecule has 4 heteroatoms. The maximum Gasteiger partial charge on any atom is 0.164 e. The number of aromatic nitrogens is 3. The molecule has 48 heavy (non-hydrogen) atoms. The molecule has 0 spiro atoms. The van der Waals surface area contributed by atoms with Crippen LogP contribution < -0.4 is 5.19 Å². The van der Waals surface area contributed by atoms with Gasteiger partial charge in [0.05, 0.1) is 8.07 Å². The normalized spacial score (nSPS) is 11.6. The zero-order valence-electron chi connectivity index (χ0n) is 27.4. The maximum absolute atomic E-state index is 4.95. The van der Waals surface area contributed by atoms with Crippen molar-refractivity contribution < 1.29 is 0 Å². The molecular weight excluding hydrogens is 599 g/mol. The number of rotatable bonds is 6. The van der Waals surface area contributed by atoms with E-state index < -0.39 is 8.07 Å². The van der Waals surface area contributed by atoms with Gasteiger partial charge in [0.2, 0.25) is 0 Å². The lowest BCUT2D eigenvalue weighted by Gasteiger charge is -2.24. The molecule has 230 valence electrons. The fourth-order valence-electron chi connectivity index (χ4n) is 6.85. The molecule has 0 radical (unpaired) electrons. The van der Waals surface area contributed by atoms with Gasteiger partial charge in [-0.25, -0.2) is 15.0 Å². The van der Waals surface area contributed by atoms with Crippen LogP contribution in [0.15, 0.2) is 158 Å². The van der Waals surface area contributed by atoms with Crippen LogP contribution in [-0.2, 0) is 0 Å². The number of fused-ring (bicyclic) bond motifs is 2. The first kappa shape index (κ1) is 29.7. The first-order valence-corrected chi connectivity index (χ1v) is 20.0. The van der Waals surface area contributed by atoms with Crippen LogP contribution in [0, 0.1) is 0 Å². The minimum atomic E-state index is -1.63. The van der Waals surface area contributed by atoms with Crippen LogP contribution in [0.5, 0.6) is 0 Å². The second kappa shape index (κ2) is 12.1. The topological polar surface area (TPSA) is 38.7 Å². The summed E-state index contributed by atoms with van der Waals surface area (Å²) in [4.78, 5) is 14.8. The Balaban J connectivity index is 1.22. The van der Waals surface area contributed by atoms with E-state index in [-0.39, 0.29) is 0 Å². The van der Waals surface area contributed by atoms with Crippen LogP contribution >= 0.6 is 0 Å². The van der Waals surface area contributed by atoms with Gasteiger partial charge in [0.25, 0.3) is 0 Å². The van der Waals surface area contributed by atoms with E-state index in [4.69, 9.17) is 15.0 Å². The molecule has 0 aliphatic heterocycles. The van der Waals surface area contributed by atoms with Gasteiger partial charge < -0.3 is 0 Å². The summed E-state index contributed by atoms with van der Waals surface area (Å²) < 4.78 is 0. The highest BCUT2D eigenvalue weighted by Crippen LogP contribution is 2.38. The highest BCUT2D eigenvalue weighted by atomic mass is 28.3. The minimum absolute atomic E-state index is 0.654. The van der Waals surface area contributed by atoms with Crippen molar-refractivity contribution >= 4 is 34.8 Å². The van der Waals surface area contributed by atoms with E-state index in [2.05, 4.69) is 117 Å². The van der Waals surface area contributed by atoms with Crippen molar-refractivity contribution in [2.75, 3.05) is 0 Å². The fourth-order valence-corrected chi connectivity index (χ4v) is 8.90. The molecule has 0 saturated carbocycles. The molecule has 0 amide bonds. The SMILES string of the molecule is C[Si](C)(C)c1c2ccccc2c(-c2ccc(-c3cccc(-c4nc(-c5ccccc5)nc(-c5ccccc5)n4)c3)cc2)c2ccccc12. The van der Waals surface area contributed by atoms with Crippen molar-refractivity contribution in [3.05, 3.63) is 158 Å². The average molecular weight is 634 g/mol. The Hall–Kier alpha value is -5.71. The van der Waals surface area contributed by atoms with Gasteiger partial charge in [0.15, 0.2) is 17.5 Å². The van der Waals surface area contributed by atoms with Gasteiger partial charge in [-0.3, -0.25) is 0 Å². The predicted molar refractivity (Wildman–Crippen MR) is 205 cm³/mol. The molecule has 0 bridgehead atoms. The summed E-state index contributed by atoms with van der Waals surface area (Å²) in [6, 6.07) is 55.6. The van der Waals surface area contributed by atoms with Crippen molar-refractivity contribution in [2.24, 2.45) is 0 Å². The fraction of sp³-hybridized carbons (Fsp3) is 0.0682. The van der Waals surface area contributed by atoms with Gasteiger partial charge in [-0.15, -0.1) is 0 Å². The zero-order valence-corrected chi connectivity index (χ0v) is 28.4. The lowest BCUT2D eigenvalue weighted by atomic mass is 9.91. The Bertz CT molecular complexity index is 2300. The molecule has 1 aromatic heterocycles. The standard InChI is InChI=1S/C44H35N3Si/c1-48(2,3)41-38-23-12-10-21-36(38)40(37-22-11-13-24-39(37)41)31-27-25-30(26-28-31)34-19-14-20-35(29-34)44-46-42(32-15-6-4-7-16-32)45-43(47-44)33-17-8-5-9-18-33/h4-29H,1-3H3. The summed E-state index contributed by atoms with van der Waals surface area (Å²) in [6.45, 7) is 7.35. The summed E-state index contributed by atoms with van der Waals surface area (Å²) in [5.74, 6) is 1.98. The molecule has 0 aliphatic carbocycles. The minimum Gasteiger partial charge on any atom is -0.208 e. The smallest absolute Gasteiger partial charge is 0.164 e. The lowest BCUT2D eigenvalue weighted by molar-refractivity contribution is 1.07. The number of hydrogen-bond donors (Lipinski definition) is 0. The van der Waals surface area contributed by atoms with Crippen molar-refractivity contribution in [3.63, 3.8) is 0 Å². The quantitative estimate of drug-likeness (QED) is 0.135. The molecule has 1 heterocycles. The molecule has 0 N–H and O–H groups in total. The van der Waals surface area contributed by atoms with E-state index in [9.17, 15) is 0 Å². The van der Waals surface area contributed by atoms with E-state index in [1.54, 1.807) is 0 Å². The van der Waals surface area contributed by atoms with Crippen LogP contribution in [0.4, 0.5) is 0 Å². The Labute approximate surface area is 282 Å². The van der Waals surface area contributed by atoms with Gasteiger partial charge in [-0.05, 0) is 55.1 Å². The van der Waals surface area contributed by atoms with E-state index in [1.165, 1.54) is 37.9 Å². The Morgan fingerprint density at radius 1 is 0.333 bits per heavy atom. The summed E-state index contributed by atoms with van der Waals surface area (Å²) >= 11 is 0. The number of hydrogen-bond acceptors (Lipinski definition) is 3. The lowest BCUT2D eigenvalue weighted by Crippen LogP contribution is -2.38. The first-order valence-electron chi connectivity index (χ1n) is 16.5. The second-order valence-electron chi connectivity index (χ2n) is 13.3. The van der Waals surface area contributed by atoms with Crippen LogP contribution in [0.25, 0.3) is 78.0 Å². The van der Waals surface area contributed by atoms with Crippen molar-refractivity contribution in [3.8, 4) is 56.4 Å². The monoisotopic (exact) mass is 633 g/mol. The van der Waals surface area contributed by atoms with Gasteiger partial charge in [-0.2, -0.15) is 0 Å². The summed E-state index contributed by atoms with van der Waals surface area (Å²) in [5, 5.41) is 6.94. The molecular formula is C44H35N3Si. The predicted octanol–water partition coefficient (Wildman–Crippen LogP) is 11.1. The molecule has 8 rings (SSSR count). The number of benzene rings is 7. The van der Waals surface area contributed by atoms with E-state index in [0.29, 0.717) is 17.5 Å². The average Bonchev–Trinajstić information content (AvgIpc) is 3.14. The molecule has 0 saturated heterocycles. The molecule has 8 aromatic rings. The molecule has 0 unspecified atom stereocenters. The largest absolute Gasteiger partial charge is 0.208 e. The van der Waals surface area contributed by atoms with Crippen molar-refractivity contribution in [1.29, 1.82) is 0 Å². The Morgan fingerprint density at radius 3 is 1.23 bits per heavy atom. The molecule has 3 nitrogen and oxygen atoms in total. The second-order valence-corrected chi connectivity index (χ2v) is 18.3. The summed E-state index contributed by atoms with van der Waals surface area (Å²) in [7, 11) is -1.63. The van der Waals surface area contributed by atoms with Crippen LogP contribution in [0.2, 0.25) is 19.6 Å². The first-order chi connectivity index (χ1) is 23.4.